The third kappa shape index (κ3) is 1.60. The molecule has 1 aromatic heterocycles. The first-order valence-corrected chi connectivity index (χ1v) is 4.06. The summed E-state index contributed by atoms with van der Waals surface area (Å²) in [6, 6.07) is 4.09. The quantitative estimate of drug-likeness (QED) is 0.594. The van der Waals surface area contributed by atoms with Gasteiger partial charge < -0.3 is 0 Å². The summed E-state index contributed by atoms with van der Waals surface area (Å²) >= 11 is 5.97. The smallest absolute Gasteiger partial charge is 0.0400 e. The van der Waals surface area contributed by atoms with E-state index in [0.29, 0.717) is 0 Å². The fraction of sp³-hybridized carbons (Fsp3) is 0.143. The standard InChI is InChI=1S/C7H8S2/c1-2-6(8)7-4-3-5-9-7/h2-5,8H,1H3/b6-2-. The molecular formula is C7H8S2. The van der Waals surface area contributed by atoms with Crippen LogP contribution in [-0.4, -0.2) is 0 Å². The minimum absolute atomic E-state index is 1.06. The van der Waals surface area contributed by atoms with Gasteiger partial charge in [0.2, 0.25) is 0 Å². The molecule has 0 aliphatic carbocycles. The number of thiophene rings is 1. The fourth-order valence-electron chi connectivity index (χ4n) is 0.567. The lowest BCUT2D eigenvalue weighted by atomic mass is 10.4. The summed E-state index contributed by atoms with van der Waals surface area (Å²) in [6.45, 7) is 1.99. The highest BCUT2D eigenvalue weighted by atomic mass is 32.1. The summed E-state index contributed by atoms with van der Waals surface area (Å²) in [7, 11) is 0. The fourth-order valence-corrected chi connectivity index (χ4v) is 1.50. The number of hydrogen-bond acceptors (Lipinski definition) is 2. The number of hydrogen-bond donors (Lipinski definition) is 1. The van der Waals surface area contributed by atoms with Gasteiger partial charge in [0.05, 0.1) is 0 Å². The van der Waals surface area contributed by atoms with Gasteiger partial charge in [0, 0.05) is 9.78 Å². The molecule has 0 saturated carbocycles. The lowest BCUT2D eigenvalue weighted by molar-refractivity contribution is 1.77. The predicted molar refractivity (Wildman–Crippen MR) is 47.0 cm³/mol. The average Bonchev–Trinajstić information content (AvgIpc) is 2.37. The van der Waals surface area contributed by atoms with Crippen LogP contribution >= 0.6 is 24.0 Å². The SMILES string of the molecule is C/C=C(\S)c1cccs1. The molecule has 0 spiro atoms. The van der Waals surface area contributed by atoms with Crippen molar-refractivity contribution in [3.8, 4) is 0 Å². The van der Waals surface area contributed by atoms with Gasteiger partial charge in [0.25, 0.3) is 0 Å². The molecule has 0 N–H and O–H groups in total. The van der Waals surface area contributed by atoms with E-state index in [1.165, 1.54) is 4.88 Å². The topological polar surface area (TPSA) is 0 Å². The molecule has 1 aromatic rings. The third-order valence-corrected chi connectivity index (χ3v) is 2.60. The summed E-state index contributed by atoms with van der Waals surface area (Å²) in [4.78, 5) is 2.30. The Balaban J connectivity index is 2.90. The van der Waals surface area contributed by atoms with Gasteiger partial charge in [-0.3, -0.25) is 0 Å². The highest BCUT2D eigenvalue weighted by Crippen LogP contribution is 2.22. The van der Waals surface area contributed by atoms with Crippen molar-refractivity contribution >= 4 is 28.9 Å². The second-order valence-corrected chi connectivity index (χ2v) is 3.08. The van der Waals surface area contributed by atoms with Crippen molar-refractivity contribution in [1.29, 1.82) is 0 Å². The van der Waals surface area contributed by atoms with E-state index in [9.17, 15) is 0 Å². The minimum atomic E-state index is 1.06. The van der Waals surface area contributed by atoms with Crippen LogP contribution in [0, 0.1) is 0 Å². The first-order chi connectivity index (χ1) is 4.34. The zero-order chi connectivity index (χ0) is 6.69. The van der Waals surface area contributed by atoms with Gasteiger partial charge >= 0.3 is 0 Å². The van der Waals surface area contributed by atoms with Gasteiger partial charge in [-0.2, -0.15) is 0 Å². The summed E-state index contributed by atoms with van der Waals surface area (Å²) in [6.07, 6.45) is 1.99. The van der Waals surface area contributed by atoms with Crippen LogP contribution in [-0.2, 0) is 0 Å². The van der Waals surface area contributed by atoms with Gasteiger partial charge in [-0.05, 0) is 18.4 Å². The van der Waals surface area contributed by atoms with Crippen molar-refractivity contribution in [3.05, 3.63) is 28.5 Å². The largest absolute Gasteiger partial charge is 0.143 e. The molecule has 0 fully saturated rings. The Morgan fingerprint density at radius 3 is 3.00 bits per heavy atom. The predicted octanol–water partition coefficient (Wildman–Crippen LogP) is 3.04. The highest BCUT2D eigenvalue weighted by molar-refractivity contribution is 7.90. The van der Waals surface area contributed by atoms with Crippen molar-refractivity contribution in [2.75, 3.05) is 0 Å². The molecule has 0 radical (unpaired) electrons. The summed E-state index contributed by atoms with van der Waals surface area (Å²) in [5, 5.41) is 2.05. The van der Waals surface area contributed by atoms with Crippen molar-refractivity contribution < 1.29 is 0 Å². The van der Waals surface area contributed by atoms with Crippen LogP contribution in [0.3, 0.4) is 0 Å². The molecule has 0 saturated heterocycles. The number of allylic oxidation sites excluding steroid dienone is 1. The maximum atomic E-state index is 4.26. The molecule has 0 nitrogen and oxygen atoms in total. The Kier molecular flexibility index (Phi) is 2.37. The van der Waals surface area contributed by atoms with Crippen LogP contribution in [0.1, 0.15) is 11.8 Å². The Morgan fingerprint density at radius 1 is 1.78 bits per heavy atom. The van der Waals surface area contributed by atoms with E-state index in [4.69, 9.17) is 0 Å². The third-order valence-electron chi connectivity index (χ3n) is 1.05. The molecule has 0 atom stereocenters. The van der Waals surface area contributed by atoms with E-state index in [-0.39, 0.29) is 0 Å². The van der Waals surface area contributed by atoms with E-state index in [2.05, 4.69) is 24.1 Å². The Morgan fingerprint density at radius 2 is 2.56 bits per heavy atom. The van der Waals surface area contributed by atoms with Crippen LogP contribution < -0.4 is 0 Å². The molecule has 0 aromatic carbocycles. The maximum absolute atomic E-state index is 4.26. The van der Waals surface area contributed by atoms with Gasteiger partial charge in [-0.1, -0.05) is 12.1 Å². The first kappa shape index (κ1) is 6.90. The van der Waals surface area contributed by atoms with Gasteiger partial charge in [-0.25, -0.2) is 0 Å². The minimum Gasteiger partial charge on any atom is -0.143 e. The number of thiol groups is 1. The Hall–Kier alpha value is -0.210. The van der Waals surface area contributed by atoms with E-state index >= 15 is 0 Å². The zero-order valence-electron chi connectivity index (χ0n) is 5.16. The van der Waals surface area contributed by atoms with E-state index in [1.54, 1.807) is 11.3 Å². The van der Waals surface area contributed by atoms with Crippen LogP contribution in [0.2, 0.25) is 0 Å². The van der Waals surface area contributed by atoms with Gasteiger partial charge in [-0.15, -0.1) is 24.0 Å². The summed E-state index contributed by atoms with van der Waals surface area (Å²) < 4.78 is 0. The Bertz CT molecular complexity index is 197. The normalized spacial score (nSPS) is 12.0. The molecule has 1 heterocycles. The van der Waals surface area contributed by atoms with Crippen LogP contribution in [0.15, 0.2) is 23.6 Å². The lowest BCUT2D eigenvalue weighted by Gasteiger charge is -1.89. The second-order valence-electron chi connectivity index (χ2n) is 1.65. The molecule has 48 valence electrons. The molecule has 0 aliphatic heterocycles. The molecular weight excluding hydrogens is 148 g/mol. The van der Waals surface area contributed by atoms with Crippen LogP contribution in [0.4, 0.5) is 0 Å². The second kappa shape index (κ2) is 3.08. The van der Waals surface area contributed by atoms with E-state index in [1.807, 2.05) is 19.1 Å². The highest BCUT2D eigenvalue weighted by Gasteiger charge is 1.92. The van der Waals surface area contributed by atoms with Crippen LogP contribution in [0.5, 0.6) is 0 Å². The summed E-state index contributed by atoms with van der Waals surface area (Å²) in [5.74, 6) is 0. The molecule has 0 unspecified atom stereocenters. The maximum Gasteiger partial charge on any atom is 0.0400 e. The average molecular weight is 156 g/mol. The zero-order valence-corrected chi connectivity index (χ0v) is 6.88. The lowest BCUT2D eigenvalue weighted by Crippen LogP contribution is -1.62. The van der Waals surface area contributed by atoms with E-state index < -0.39 is 0 Å². The van der Waals surface area contributed by atoms with Crippen molar-refractivity contribution in [1.82, 2.24) is 0 Å². The molecule has 0 aliphatic rings. The van der Waals surface area contributed by atoms with Crippen molar-refractivity contribution in [3.63, 3.8) is 0 Å². The molecule has 2 heteroatoms. The van der Waals surface area contributed by atoms with Gasteiger partial charge in [0.15, 0.2) is 0 Å². The van der Waals surface area contributed by atoms with Gasteiger partial charge in [0.1, 0.15) is 0 Å². The number of rotatable bonds is 1. The monoisotopic (exact) mass is 156 g/mol. The molecule has 0 bridgehead atoms. The van der Waals surface area contributed by atoms with Crippen LogP contribution in [0.25, 0.3) is 4.91 Å². The molecule has 0 amide bonds. The van der Waals surface area contributed by atoms with Crippen molar-refractivity contribution in [2.45, 2.75) is 6.92 Å². The Labute approximate surface area is 64.6 Å². The summed E-state index contributed by atoms with van der Waals surface area (Å²) in [5.41, 5.74) is 0. The molecule has 9 heavy (non-hydrogen) atoms. The first-order valence-electron chi connectivity index (χ1n) is 2.73. The molecule has 1 rings (SSSR count). The van der Waals surface area contributed by atoms with Crippen molar-refractivity contribution in [2.24, 2.45) is 0 Å². The van der Waals surface area contributed by atoms with E-state index in [0.717, 1.165) is 4.91 Å².